The molecule has 1 fully saturated rings. The molecule has 0 heterocycles. The van der Waals surface area contributed by atoms with Crippen molar-refractivity contribution in [1.29, 1.82) is 0 Å². The molecule has 0 spiro atoms. The first kappa shape index (κ1) is 12.0. The molecule has 1 aliphatic rings. The molecule has 0 aromatic carbocycles. The Kier molecular flexibility index (Phi) is 3.37. The summed E-state index contributed by atoms with van der Waals surface area (Å²) in [5.41, 5.74) is -1.12. The SMILES string of the molecule is CCC(C)(NC(=O)C(C)C1CC1)C(=O)O. The van der Waals surface area contributed by atoms with Crippen LogP contribution in [-0.2, 0) is 9.59 Å². The number of nitrogens with one attached hydrogen (secondary N) is 1. The summed E-state index contributed by atoms with van der Waals surface area (Å²) < 4.78 is 0. The van der Waals surface area contributed by atoms with Crippen molar-refractivity contribution < 1.29 is 14.7 Å². The van der Waals surface area contributed by atoms with Crippen LogP contribution in [0.2, 0.25) is 0 Å². The van der Waals surface area contributed by atoms with Crippen molar-refractivity contribution in [3.63, 3.8) is 0 Å². The molecule has 2 atom stereocenters. The van der Waals surface area contributed by atoms with Crippen molar-refractivity contribution in [1.82, 2.24) is 5.32 Å². The molecule has 0 bridgehead atoms. The minimum absolute atomic E-state index is 0.0600. The summed E-state index contributed by atoms with van der Waals surface area (Å²) in [6.07, 6.45) is 2.57. The lowest BCUT2D eigenvalue weighted by Crippen LogP contribution is -2.53. The summed E-state index contributed by atoms with van der Waals surface area (Å²) in [5.74, 6) is -0.708. The lowest BCUT2D eigenvalue weighted by molar-refractivity contribution is -0.147. The second-order valence-corrected chi connectivity index (χ2v) is 4.61. The number of aliphatic carboxylic acids is 1. The van der Waals surface area contributed by atoms with E-state index in [0.29, 0.717) is 12.3 Å². The van der Waals surface area contributed by atoms with Crippen LogP contribution in [0.1, 0.15) is 40.0 Å². The van der Waals surface area contributed by atoms with E-state index in [-0.39, 0.29) is 11.8 Å². The van der Waals surface area contributed by atoms with Gasteiger partial charge in [-0.1, -0.05) is 13.8 Å². The van der Waals surface area contributed by atoms with Crippen LogP contribution in [0.3, 0.4) is 0 Å². The lowest BCUT2D eigenvalue weighted by Gasteiger charge is -2.26. The summed E-state index contributed by atoms with van der Waals surface area (Å²) >= 11 is 0. The third-order valence-corrected chi connectivity index (χ3v) is 3.32. The van der Waals surface area contributed by atoms with Crippen molar-refractivity contribution in [3.05, 3.63) is 0 Å². The highest BCUT2D eigenvalue weighted by Crippen LogP contribution is 2.36. The van der Waals surface area contributed by atoms with E-state index in [2.05, 4.69) is 5.32 Å². The van der Waals surface area contributed by atoms with Gasteiger partial charge in [-0.15, -0.1) is 0 Å². The van der Waals surface area contributed by atoms with Gasteiger partial charge in [0.2, 0.25) is 5.91 Å². The Hall–Kier alpha value is -1.06. The topological polar surface area (TPSA) is 66.4 Å². The average molecular weight is 213 g/mol. The molecule has 1 saturated carbocycles. The largest absolute Gasteiger partial charge is 0.480 e. The minimum Gasteiger partial charge on any atom is -0.480 e. The molecular formula is C11H19NO3. The van der Waals surface area contributed by atoms with Crippen molar-refractivity contribution in [2.45, 2.75) is 45.6 Å². The van der Waals surface area contributed by atoms with Gasteiger partial charge in [-0.3, -0.25) is 4.79 Å². The number of carboxylic acids is 1. The summed E-state index contributed by atoms with van der Waals surface area (Å²) in [4.78, 5) is 22.7. The molecule has 15 heavy (non-hydrogen) atoms. The van der Waals surface area contributed by atoms with E-state index in [4.69, 9.17) is 5.11 Å². The molecule has 0 aromatic heterocycles. The predicted octanol–water partition coefficient (Wildman–Crippen LogP) is 1.40. The number of rotatable bonds is 5. The number of carbonyl (C=O) groups is 2. The molecule has 1 amide bonds. The number of carbonyl (C=O) groups excluding carboxylic acids is 1. The zero-order chi connectivity index (χ0) is 11.6. The Balaban J connectivity index is 2.58. The monoisotopic (exact) mass is 213 g/mol. The summed E-state index contributed by atoms with van der Waals surface area (Å²) in [7, 11) is 0. The second kappa shape index (κ2) is 4.21. The summed E-state index contributed by atoms with van der Waals surface area (Å²) in [6, 6.07) is 0. The third kappa shape index (κ3) is 2.70. The molecule has 0 radical (unpaired) electrons. The molecule has 0 aliphatic heterocycles. The molecule has 1 aliphatic carbocycles. The molecule has 2 unspecified atom stereocenters. The Bertz CT molecular complexity index is 273. The van der Waals surface area contributed by atoms with Crippen LogP contribution in [0.4, 0.5) is 0 Å². The van der Waals surface area contributed by atoms with Gasteiger partial charge in [0.05, 0.1) is 0 Å². The second-order valence-electron chi connectivity index (χ2n) is 4.61. The first-order valence-electron chi connectivity index (χ1n) is 5.46. The zero-order valence-corrected chi connectivity index (χ0v) is 9.54. The molecular weight excluding hydrogens is 194 g/mol. The van der Waals surface area contributed by atoms with Gasteiger partial charge in [0.15, 0.2) is 0 Å². The van der Waals surface area contributed by atoms with Crippen LogP contribution < -0.4 is 5.32 Å². The predicted molar refractivity (Wildman–Crippen MR) is 56.4 cm³/mol. The van der Waals surface area contributed by atoms with Crippen LogP contribution in [0.15, 0.2) is 0 Å². The van der Waals surface area contributed by atoms with Gasteiger partial charge in [-0.05, 0) is 32.1 Å². The smallest absolute Gasteiger partial charge is 0.329 e. The first-order valence-corrected chi connectivity index (χ1v) is 5.46. The summed E-state index contributed by atoms with van der Waals surface area (Å²) in [6.45, 7) is 5.17. The molecule has 86 valence electrons. The fourth-order valence-electron chi connectivity index (χ4n) is 1.49. The summed E-state index contributed by atoms with van der Waals surface area (Å²) in [5, 5.41) is 11.6. The van der Waals surface area contributed by atoms with Crippen LogP contribution in [-0.4, -0.2) is 22.5 Å². The van der Waals surface area contributed by atoms with Gasteiger partial charge in [-0.25, -0.2) is 4.79 Å². The maximum atomic E-state index is 11.7. The molecule has 2 N–H and O–H groups in total. The maximum absolute atomic E-state index is 11.7. The van der Waals surface area contributed by atoms with E-state index in [1.165, 1.54) is 0 Å². The van der Waals surface area contributed by atoms with Crippen molar-refractivity contribution >= 4 is 11.9 Å². The van der Waals surface area contributed by atoms with Gasteiger partial charge in [-0.2, -0.15) is 0 Å². The van der Waals surface area contributed by atoms with E-state index in [0.717, 1.165) is 12.8 Å². The average Bonchev–Trinajstić information content (AvgIpc) is 2.99. The van der Waals surface area contributed by atoms with Gasteiger partial charge >= 0.3 is 5.97 Å². The van der Waals surface area contributed by atoms with Crippen LogP contribution in [0.25, 0.3) is 0 Å². The van der Waals surface area contributed by atoms with Crippen molar-refractivity contribution in [2.75, 3.05) is 0 Å². The molecule has 1 rings (SSSR count). The van der Waals surface area contributed by atoms with Gasteiger partial charge in [0.1, 0.15) is 5.54 Å². The lowest BCUT2D eigenvalue weighted by atomic mass is 9.96. The fourth-order valence-corrected chi connectivity index (χ4v) is 1.49. The van der Waals surface area contributed by atoms with Gasteiger partial charge < -0.3 is 10.4 Å². The quantitative estimate of drug-likeness (QED) is 0.725. The maximum Gasteiger partial charge on any atom is 0.329 e. The highest BCUT2D eigenvalue weighted by Gasteiger charge is 2.38. The third-order valence-electron chi connectivity index (χ3n) is 3.32. The van der Waals surface area contributed by atoms with Gasteiger partial charge in [0, 0.05) is 5.92 Å². The first-order chi connectivity index (χ1) is 6.90. The number of hydrogen-bond donors (Lipinski definition) is 2. The Labute approximate surface area is 90.0 Å². The van der Waals surface area contributed by atoms with Gasteiger partial charge in [0.25, 0.3) is 0 Å². The van der Waals surface area contributed by atoms with E-state index in [9.17, 15) is 9.59 Å². The Morgan fingerprint density at radius 3 is 2.40 bits per heavy atom. The van der Waals surface area contributed by atoms with Crippen LogP contribution in [0.5, 0.6) is 0 Å². The Morgan fingerprint density at radius 1 is 1.53 bits per heavy atom. The highest BCUT2D eigenvalue weighted by atomic mass is 16.4. The normalized spacial score (nSPS) is 21.5. The van der Waals surface area contributed by atoms with E-state index in [1.54, 1.807) is 13.8 Å². The van der Waals surface area contributed by atoms with E-state index >= 15 is 0 Å². The Morgan fingerprint density at radius 2 is 2.07 bits per heavy atom. The molecule has 0 aromatic rings. The number of hydrogen-bond acceptors (Lipinski definition) is 2. The van der Waals surface area contributed by atoms with Crippen molar-refractivity contribution in [3.8, 4) is 0 Å². The standard InChI is InChI=1S/C11H19NO3/c1-4-11(3,10(14)15)12-9(13)7(2)8-5-6-8/h7-8H,4-6H2,1-3H3,(H,12,13)(H,14,15). The minimum atomic E-state index is -1.12. The molecule has 0 saturated heterocycles. The number of carboxylic acid groups (broad SMARTS) is 1. The highest BCUT2D eigenvalue weighted by molar-refractivity contribution is 5.87. The number of amides is 1. The fraction of sp³-hybridized carbons (Fsp3) is 0.818. The zero-order valence-electron chi connectivity index (χ0n) is 9.54. The van der Waals surface area contributed by atoms with Crippen molar-refractivity contribution in [2.24, 2.45) is 11.8 Å². The van der Waals surface area contributed by atoms with E-state index < -0.39 is 11.5 Å². The van der Waals surface area contributed by atoms with E-state index in [1.807, 2.05) is 6.92 Å². The van der Waals surface area contributed by atoms with Crippen LogP contribution >= 0.6 is 0 Å². The molecule has 4 nitrogen and oxygen atoms in total. The van der Waals surface area contributed by atoms with Crippen LogP contribution in [0, 0.1) is 11.8 Å². The molecule has 4 heteroatoms.